The molecule has 65 heavy (non-hydrogen) atoms. The summed E-state index contributed by atoms with van der Waals surface area (Å²) in [5, 5.41) is 14.1. The van der Waals surface area contributed by atoms with Crippen molar-refractivity contribution in [2.45, 2.75) is 44.6 Å². The fraction of sp³-hybridized carbons (Fsp3) is 0.370. The largest absolute Gasteiger partial charge is 0.497 e. The summed E-state index contributed by atoms with van der Waals surface area (Å²) in [7, 11) is 2.42. The van der Waals surface area contributed by atoms with E-state index in [1.54, 1.807) is 56.6 Å². The van der Waals surface area contributed by atoms with Gasteiger partial charge in [-0.25, -0.2) is 4.98 Å². The summed E-state index contributed by atoms with van der Waals surface area (Å²) in [6.07, 6.45) is 9.67. The normalized spacial score (nSPS) is 18.5. The number of aryl methyl sites for hydroxylation is 1. The van der Waals surface area contributed by atoms with E-state index >= 15 is 0 Å². The molecule has 0 saturated carbocycles. The maximum Gasteiger partial charge on any atom is 0.262 e. The third-order valence-corrected chi connectivity index (χ3v) is 15.3. The van der Waals surface area contributed by atoms with Crippen molar-refractivity contribution in [2.24, 2.45) is 12.5 Å². The topological polar surface area (TPSA) is 193 Å². The zero-order valence-corrected chi connectivity index (χ0v) is 39.3. The highest BCUT2D eigenvalue weighted by atomic mass is 79.9. The highest BCUT2D eigenvalue weighted by molar-refractivity contribution is 9.10. The lowest BCUT2D eigenvalue weighted by Crippen LogP contribution is -2.54. The molecule has 19 heteroatoms. The summed E-state index contributed by atoms with van der Waals surface area (Å²) >= 11 is 3.58. The number of hydrogen-bond donors (Lipinski definition) is 3. The Balaban J connectivity index is 0.902. The molecule has 0 radical (unpaired) electrons. The number of ether oxygens (including phenoxy) is 2. The number of hydrogen-bond acceptors (Lipinski definition) is 14. The second kappa shape index (κ2) is 17.3. The van der Waals surface area contributed by atoms with Crippen LogP contribution in [0, 0.1) is 5.41 Å². The van der Waals surface area contributed by atoms with Crippen LogP contribution in [0.5, 0.6) is 11.5 Å². The Morgan fingerprint density at radius 3 is 2.22 bits per heavy atom. The summed E-state index contributed by atoms with van der Waals surface area (Å²) in [6.45, 7) is 6.73. The first-order valence-electron chi connectivity index (χ1n) is 21.5. The van der Waals surface area contributed by atoms with Crippen molar-refractivity contribution in [3.63, 3.8) is 0 Å². The predicted octanol–water partition coefficient (Wildman–Crippen LogP) is 6.68. The van der Waals surface area contributed by atoms with Gasteiger partial charge in [0, 0.05) is 85.9 Å². The molecule has 0 aliphatic carbocycles. The zero-order valence-electron chi connectivity index (χ0n) is 36.8. The van der Waals surface area contributed by atoms with Gasteiger partial charge in [0.1, 0.15) is 30.5 Å². The molecule has 3 N–H and O–H groups in total. The highest BCUT2D eigenvalue weighted by Crippen LogP contribution is 2.47. The van der Waals surface area contributed by atoms with Crippen LogP contribution in [-0.4, -0.2) is 108 Å². The molecule has 3 aromatic carbocycles. The van der Waals surface area contributed by atoms with Crippen LogP contribution in [0.4, 0.5) is 34.5 Å². The Morgan fingerprint density at radius 1 is 0.831 bits per heavy atom. The van der Waals surface area contributed by atoms with Gasteiger partial charge < -0.3 is 34.5 Å². The Labute approximate surface area is 384 Å². The molecule has 2 aromatic heterocycles. The number of nitrogens with zero attached hydrogens (tertiary/aromatic N) is 7. The van der Waals surface area contributed by atoms with Gasteiger partial charge in [-0.05, 0) is 109 Å². The Kier molecular flexibility index (Phi) is 11.7. The Bertz CT molecular complexity index is 2790. The van der Waals surface area contributed by atoms with Crippen LogP contribution in [0.1, 0.15) is 59.2 Å². The molecule has 1 atom stereocenters. The SMILES string of the molecule is COc1ccc(Nc2nc(Nc3cc(-c4cnn(C)c4)c(N4CCC5(CCN(c6ccc7c(c6)C(=O)N(C6CCC(=O)NC6=O)C7=O)CC5)CC4)cc3OC)ncc2Br)c(P(C)(C)=O)c1. The summed E-state index contributed by atoms with van der Waals surface area (Å²) < 4.78 is 27.1. The average molecular weight is 966 g/mol. The standard InChI is InChI=1S/C46H50BrN10O7P/c1-54-26-27(24-49-54)31-22-35(51-45-48-25-33(47)41(53-45)50-34-9-7-29(63-2)21-39(34)65(4,5)62)38(64-3)23-37(31)56-18-14-46(15-19-56)12-16-55(17-13-46)28-6-8-30-32(20-28)44(61)57(43(30)60)36-10-11-40(58)52-42(36)59/h6-9,20-26,36H,10-19H2,1-5H3,(H,52,58,59)(H2,48,50,51,53). The van der Waals surface area contributed by atoms with Crippen LogP contribution in [-0.2, 0) is 21.2 Å². The quantitative estimate of drug-likeness (QED) is 0.0938. The maximum absolute atomic E-state index is 13.5. The molecule has 4 aliphatic rings. The van der Waals surface area contributed by atoms with E-state index in [0.717, 1.165) is 79.3 Å². The van der Waals surface area contributed by atoms with Gasteiger partial charge in [-0.1, -0.05) is 0 Å². The van der Waals surface area contributed by atoms with Crippen molar-refractivity contribution >= 4 is 86.5 Å². The van der Waals surface area contributed by atoms with Crippen LogP contribution >= 0.6 is 23.1 Å². The Morgan fingerprint density at radius 2 is 1.55 bits per heavy atom. The van der Waals surface area contributed by atoms with Crippen molar-refractivity contribution in [3.8, 4) is 22.6 Å². The van der Waals surface area contributed by atoms with E-state index in [1.807, 2.05) is 37.6 Å². The molecule has 3 fully saturated rings. The van der Waals surface area contributed by atoms with Gasteiger partial charge in [0.25, 0.3) is 11.8 Å². The van der Waals surface area contributed by atoms with E-state index in [-0.39, 0.29) is 23.8 Å². The molecular formula is C46H50BrN10O7P. The number of amides is 4. The lowest BCUT2D eigenvalue weighted by Gasteiger charge is -2.48. The van der Waals surface area contributed by atoms with Crippen molar-refractivity contribution in [2.75, 3.05) is 74.2 Å². The first kappa shape index (κ1) is 44.0. The minimum Gasteiger partial charge on any atom is -0.497 e. The van der Waals surface area contributed by atoms with Crippen LogP contribution in [0.15, 0.2) is 71.6 Å². The molecule has 17 nitrogen and oxygen atoms in total. The van der Waals surface area contributed by atoms with Crippen LogP contribution in [0.25, 0.3) is 11.1 Å². The third kappa shape index (κ3) is 8.56. The molecule has 4 amide bonds. The number of aromatic nitrogens is 4. The zero-order chi connectivity index (χ0) is 45.8. The minimum atomic E-state index is -2.69. The van der Waals surface area contributed by atoms with E-state index < -0.39 is 36.8 Å². The smallest absolute Gasteiger partial charge is 0.262 e. The number of fused-ring (bicyclic) bond motifs is 1. The number of carbonyl (C=O) groups is 4. The Hall–Kier alpha value is -6.26. The number of halogens is 1. The first-order valence-corrected chi connectivity index (χ1v) is 24.9. The molecule has 6 heterocycles. The molecular weight excluding hydrogens is 915 g/mol. The fourth-order valence-electron chi connectivity index (χ4n) is 9.46. The number of nitrogens with one attached hydrogen (secondary N) is 3. The van der Waals surface area contributed by atoms with Gasteiger partial charge in [-0.3, -0.25) is 34.1 Å². The summed E-state index contributed by atoms with van der Waals surface area (Å²) in [5.41, 5.74) is 5.89. The molecule has 3 saturated heterocycles. The molecule has 4 aliphatic heterocycles. The third-order valence-electron chi connectivity index (χ3n) is 13.1. The van der Waals surface area contributed by atoms with Crippen molar-refractivity contribution < 1.29 is 33.2 Å². The summed E-state index contributed by atoms with van der Waals surface area (Å²) in [5.74, 6) is 0.0214. The van der Waals surface area contributed by atoms with Crippen molar-refractivity contribution in [3.05, 3.63) is 82.7 Å². The van der Waals surface area contributed by atoms with Crippen LogP contribution in [0.2, 0.25) is 0 Å². The minimum absolute atomic E-state index is 0.0782. The first-order chi connectivity index (χ1) is 31.1. The van der Waals surface area contributed by atoms with E-state index in [4.69, 9.17) is 14.5 Å². The van der Waals surface area contributed by atoms with Gasteiger partial charge in [-0.15, -0.1) is 0 Å². The second-order valence-corrected chi connectivity index (χ2v) is 21.5. The number of benzene rings is 3. The molecule has 0 bridgehead atoms. The number of carbonyl (C=O) groups excluding carboxylic acids is 4. The van der Waals surface area contributed by atoms with E-state index in [9.17, 15) is 23.7 Å². The number of piperidine rings is 3. The lowest BCUT2D eigenvalue weighted by molar-refractivity contribution is -0.136. The van der Waals surface area contributed by atoms with Gasteiger partial charge in [0.05, 0.1) is 47.4 Å². The maximum atomic E-state index is 13.5. The second-order valence-electron chi connectivity index (χ2n) is 17.5. The van der Waals surface area contributed by atoms with Gasteiger partial charge in [-0.2, -0.15) is 10.1 Å². The van der Waals surface area contributed by atoms with E-state index in [2.05, 4.69) is 63.9 Å². The van der Waals surface area contributed by atoms with E-state index in [1.165, 1.54) is 0 Å². The predicted molar refractivity (Wildman–Crippen MR) is 252 cm³/mol. The molecule has 9 rings (SSSR count). The molecule has 1 unspecified atom stereocenters. The van der Waals surface area contributed by atoms with Gasteiger partial charge in [0.15, 0.2) is 0 Å². The van der Waals surface area contributed by atoms with Gasteiger partial charge >= 0.3 is 0 Å². The fourth-order valence-corrected chi connectivity index (χ4v) is 10.9. The highest BCUT2D eigenvalue weighted by Gasteiger charge is 2.45. The number of methoxy groups -OCH3 is 2. The number of rotatable bonds is 11. The summed E-state index contributed by atoms with van der Waals surface area (Å²) in [6, 6.07) is 13.9. The van der Waals surface area contributed by atoms with Crippen molar-refractivity contribution in [1.82, 2.24) is 30.0 Å². The monoisotopic (exact) mass is 964 g/mol. The van der Waals surface area contributed by atoms with Gasteiger partial charge in [0.2, 0.25) is 17.8 Å². The van der Waals surface area contributed by atoms with Crippen LogP contribution in [0.3, 0.4) is 0 Å². The summed E-state index contributed by atoms with van der Waals surface area (Å²) in [4.78, 5) is 66.2. The molecule has 5 aromatic rings. The number of imide groups is 2. The molecule has 1 spiro atoms. The van der Waals surface area contributed by atoms with Crippen LogP contribution < -0.4 is 40.5 Å². The molecule has 338 valence electrons. The average Bonchev–Trinajstić information content (AvgIpc) is 3.83. The van der Waals surface area contributed by atoms with Crippen molar-refractivity contribution in [1.29, 1.82) is 0 Å². The van der Waals surface area contributed by atoms with E-state index in [0.29, 0.717) is 50.0 Å². The lowest BCUT2D eigenvalue weighted by atomic mass is 9.71. The number of anilines is 6.